The summed E-state index contributed by atoms with van der Waals surface area (Å²) in [6, 6.07) is 9.54. The highest BCUT2D eigenvalue weighted by molar-refractivity contribution is 7.17. The summed E-state index contributed by atoms with van der Waals surface area (Å²) in [6.07, 6.45) is -3.10. The molecule has 176 valence electrons. The third kappa shape index (κ3) is 8.01. The molecule has 0 fully saturated rings. The van der Waals surface area contributed by atoms with Crippen molar-refractivity contribution >= 4 is 20.3 Å². The van der Waals surface area contributed by atoms with Crippen LogP contribution in [0.1, 0.15) is 35.1 Å². The Kier molecular flexibility index (Phi) is 9.92. The van der Waals surface area contributed by atoms with Crippen molar-refractivity contribution in [2.75, 3.05) is 19.8 Å². The fraction of sp³-hybridized carbons (Fsp3) is 0.455. The second-order valence-electron chi connectivity index (χ2n) is 7.73. The van der Waals surface area contributed by atoms with Gasteiger partial charge < -0.3 is 15.6 Å². The third-order valence-corrected chi connectivity index (χ3v) is 5.73. The van der Waals surface area contributed by atoms with Crippen LogP contribution in [0.5, 0.6) is 5.75 Å². The summed E-state index contributed by atoms with van der Waals surface area (Å²) in [5, 5.41) is 10.1. The largest absolute Gasteiger partial charge is 0.493 e. The number of aliphatic hydroxyl groups excluding tert-OH is 1. The number of nitrogens with two attached hydrogens (primary N) is 1. The molecule has 1 atom stereocenters. The van der Waals surface area contributed by atoms with E-state index in [4.69, 9.17) is 26.6 Å². The Morgan fingerprint density at radius 1 is 1.12 bits per heavy atom. The summed E-state index contributed by atoms with van der Waals surface area (Å²) in [6.45, 7) is 1.38. The van der Waals surface area contributed by atoms with Crippen LogP contribution in [0.2, 0.25) is 5.02 Å². The Labute approximate surface area is 192 Å². The first-order valence-electron chi connectivity index (χ1n) is 10.0. The number of rotatable bonds is 12. The van der Waals surface area contributed by atoms with Crippen molar-refractivity contribution in [3.8, 4) is 5.75 Å². The maximum atomic E-state index is 13.6. The number of ether oxygens (including phenoxy) is 1. The molecule has 10 heteroatoms. The molecule has 1 unspecified atom stereocenters. The van der Waals surface area contributed by atoms with Crippen LogP contribution in [0.4, 0.5) is 13.2 Å². The van der Waals surface area contributed by atoms with Gasteiger partial charge in [-0.15, -0.1) is 0 Å². The standard InChI is InChI=1S/C22H26ClF3NO4P/c1-15-4-5-16(12-19(15)23)3-2-10-30-20-7-6-17(11-18(20)22(24,25)26)8-9-21(27,13-28)14-31-32-29/h4-7,11-12,28H,2-3,8-10,13-14,27H2,1H3. The van der Waals surface area contributed by atoms with E-state index in [1.807, 2.05) is 25.1 Å². The van der Waals surface area contributed by atoms with E-state index in [0.717, 1.165) is 17.2 Å². The van der Waals surface area contributed by atoms with Gasteiger partial charge >= 0.3 is 14.9 Å². The lowest BCUT2D eigenvalue weighted by atomic mass is 9.93. The van der Waals surface area contributed by atoms with Gasteiger partial charge in [0.25, 0.3) is 0 Å². The number of aliphatic hydroxyl groups is 1. The summed E-state index contributed by atoms with van der Waals surface area (Å²) < 4.78 is 61.3. The van der Waals surface area contributed by atoms with Crippen LogP contribution in [0.25, 0.3) is 0 Å². The monoisotopic (exact) mass is 491 g/mol. The highest BCUT2D eigenvalue weighted by Crippen LogP contribution is 2.37. The molecule has 3 N–H and O–H groups in total. The highest BCUT2D eigenvalue weighted by Gasteiger charge is 2.35. The molecular weight excluding hydrogens is 466 g/mol. The Bertz CT molecular complexity index is 913. The van der Waals surface area contributed by atoms with Crippen LogP contribution >= 0.6 is 20.3 Å². The van der Waals surface area contributed by atoms with E-state index in [1.165, 1.54) is 12.1 Å². The van der Waals surface area contributed by atoms with E-state index in [-0.39, 0.29) is 31.8 Å². The zero-order chi connectivity index (χ0) is 23.8. The molecule has 2 aromatic carbocycles. The normalized spacial score (nSPS) is 13.8. The molecule has 0 spiro atoms. The number of benzene rings is 2. The van der Waals surface area contributed by atoms with Crippen LogP contribution in [-0.4, -0.2) is 30.5 Å². The second-order valence-corrected chi connectivity index (χ2v) is 8.55. The van der Waals surface area contributed by atoms with Crippen LogP contribution in [0.3, 0.4) is 0 Å². The third-order valence-electron chi connectivity index (χ3n) is 5.08. The molecule has 0 amide bonds. The van der Waals surface area contributed by atoms with Gasteiger partial charge in [0.1, 0.15) is 5.75 Å². The van der Waals surface area contributed by atoms with Gasteiger partial charge in [-0.05, 0) is 67.5 Å². The topological polar surface area (TPSA) is 81.8 Å². The average Bonchev–Trinajstić information content (AvgIpc) is 2.76. The van der Waals surface area contributed by atoms with Crippen molar-refractivity contribution in [3.63, 3.8) is 0 Å². The minimum Gasteiger partial charge on any atom is -0.493 e. The smallest absolute Gasteiger partial charge is 0.419 e. The molecule has 0 saturated carbocycles. The fourth-order valence-corrected chi connectivity index (χ4v) is 3.59. The van der Waals surface area contributed by atoms with E-state index in [1.54, 1.807) is 0 Å². The van der Waals surface area contributed by atoms with E-state index >= 15 is 0 Å². The molecule has 0 aliphatic heterocycles. The van der Waals surface area contributed by atoms with Crippen LogP contribution in [-0.2, 0) is 28.1 Å². The molecule has 0 aliphatic carbocycles. The Hall–Kier alpha value is -1.70. The summed E-state index contributed by atoms with van der Waals surface area (Å²) in [7, 11) is -0.580. The summed E-state index contributed by atoms with van der Waals surface area (Å²) in [5.41, 5.74) is 6.23. The Morgan fingerprint density at radius 3 is 2.44 bits per heavy atom. The average molecular weight is 492 g/mol. The molecule has 0 heterocycles. The maximum Gasteiger partial charge on any atom is 0.419 e. The van der Waals surface area contributed by atoms with Gasteiger partial charge in [-0.2, -0.15) is 13.2 Å². The van der Waals surface area contributed by atoms with Crippen molar-refractivity contribution in [1.29, 1.82) is 0 Å². The molecule has 5 nitrogen and oxygen atoms in total. The molecule has 0 saturated heterocycles. The molecule has 0 radical (unpaired) electrons. The first kappa shape index (κ1) is 26.6. The SMILES string of the molecule is Cc1ccc(CCCOc2ccc(CCC(N)(CO)COP=O)cc2C(F)(F)F)cc1Cl. The minimum absolute atomic E-state index is 0.121. The Morgan fingerprint density at radius 2 is 1.81 bits per heavy atom. The van der Waals surface area contributed by atoms with Gasteiger partial charge in [0.05, 0.1) is 30.9 Å². The number of alkyl halides is 3. The summed E-state index contributed by atoms with van der Waals surface area (Å²) >= 11 is 6.10. The van der Waals surface area contributed by atoms with Crippen LogP contribution in [0.15, 0.2) is 36.4 Å². The van der Waals surface area contributed by atoms with E-state index in [2.05, 4.69) is 0 Å². The zero-order valence-corrected chi connectivity index (χ0v) is 19.3. The number of halogens is 4. The van der Waals surface area contributed by atoms with E-state index in [0.29, 0.717) is 23.4 Å². The lowest BCUT2D eigenvalue weighted by Gasteiger charge is -2.25. The molecule has 2 rings (SSSR count). The fourth-order valence-electron chi connectivity index (χ4n) is 3.08. The first-order valence-corrected chi connectivity index (χ1v) is 11.1. The van der Waals surface area contributed by atoms with Gasteiger partial charge in [-0.1, -0.05) is 29.8 Å². The zero-order valence-electron chi connectivity index (χ0n) is 17.6. The van der Waals surface area contributed by atoms with E-state index in [9.17, 15) is 22.8 Å². The highest BCUT2D eigenvalue weighted by atomic mass is 35.5. The predicted octanol–water partition coefficient (Wildman–Crippen LogP) is 5.52. The van der Waals surface area contributed by atoms with Crippen LogP contribution < -0.4 is 10.5 Å². The maximum absolute atomic E-state index is 13.6. The molecular formula is C22H26ClF3NO4P. The Balaban J connectivity index is 2.01. The van der Waals surface area contributed by atoms with Crippen LogP contribution in [0, 0.1) is 6.92 Å². The number of aryl methyl sites for hydroxylation is 3. The molecule has 0 bridgehead atoms. The van der Waals surface area contributed by atoms with Crippen molar-refractivity contribution in [1.82, 2.24) is 0 Å². The molecule has 2 aromatic rings. The van der Waals surface area contributed by atoms with Crippen molar-refractivity contribution in [2.45, 2.75) is 44.3 Å². The minimum atomic E-state index is -4.59. The predicted molar refractivity (Wildman–Crippen MR) is 117 cm³/mol. The summed E-state index contributed by atoms with van der Waals surface area (Å²) in [5.74, 6) is -0.238. The number of hydrogen-bond donors (Lipinski definition) is 2. The van der Waals surface area contributed by atoms with Gasteiger partial charge in [0.15, 0.2) is 0 Å². The van der Waals surface area contributed by atoms with Crippen molar-refractivity contribution < 1.29 is 32.1 Å². The van der Waals surface area contributed by atoms with Gasteiger partial charge in [0, 0.05) is 5.02 Å². The van der Waals surface area contributed by atoms with E-state index < -0.39 is 32.6 Å². The molecule has 32 heavy (non-hydrogen) atoms. The molecule has 0 aliphatic rings. The van der Waals surface area contributed by atoms with Gasteiger partial charge in [-0.3, -0.25) is 4.52 Å². The lowest BCUT2D eigenvalue weighted by molar-refractivity contribution is -0.139. The summed E-state index contributed by atoms with van der Waals surface area (Å²) in [4.78, 5) is 0. The molecule has 0 aromatic heterocycles. The second kappa shape index (κ2) is 12.0. The van der Waals surface area contributed by atoms with Gasteiger partial charge in [-0.25, -0.2) is 4.57 Å². The lowest BCUT2D eigenvalue weighted by Crippen LogP contribution is -2.47. The van der Waals surface area contributed by atoms with Gasteiger partial charge in [0.2, 0.25) is 0 Å². The first-order chi connectivity index (χ1) is 15.1. The quantitative estimate of drug-likeness (QED) is 0.301. The number of hydrogen-bond acceptors (Lipinski definition) is 5. The van der Waals surface area contributed by atoms with Crippen molar-refractivity contribution in [3.05, 3.63) is 63.7 Å². The van der Waals surface area contributed by atoms with Crippen molar-refractivity contribution in [2.24, 2.45) is 5.73 Å².